The van der Waals surface area contributed by atoms with Gasteiger partial charge in [0.05, 0.1) is 18.0 Å². The molecule has 0 unspecified atom stereocenters. The Hall–Kier alpha value is -1.18. The molecule has 2 heteroatoms. The fourth-order valence-electron chi connectivity index (χ4n) is 1.35. The quantitative estimate of drug-likeness (QED) is 0.641. The SMILES string of the molecule is CCc1ccc2c(c1)NCN2.[HH]. The van der Waals surface area contributed by atoms with Gasteiger partial charge in [-0.15, -0.1) is 0 Å². The molecule has 2 nitrogen and oxygen atoms in total. The highest BCUT2D eigenvalue weighted by atomic mass is 15.1. The highest BCUT2D eigenvalue weighted by molar-refractivity contribution is 5.73. The zero-order chi connectivity index (χ0) is 7.68. The summed E-state index contributed by atoms with van der Waals surface area (Å²) < 4.78 is 0. The third-order valence-corrected chi connectivity index (χ3v) is 2.05. The number of fused-ring (bicyclic) bond motifs is 1. The summed E-state index contributed by atoms with van der Waals surface area (Å²) in [7, 11) is 0. The molecule has 1 aromatic rings. The molecule has 1 aliphatic heterocycles. The third kappa shape index (κ3) is 1.04. The zero-order valence-corrected chi connectivity index (χ0v) is 6.65. The fourth-order valence-corrected chi connectivity index (χ4v) is 1.35. The Morgan fingerprint density at radius 3 is 3.00 bits per heavy atom. The minimum atomic E-state index is 0. The van der Waals surface area contributed by atoms with Crippen LogP contribution in [0, 0.1) is 0 Å². The predicted octanol–water partition coefficient (Wildman–Crippen LogP) is 2.29. The van der Waals surface area contributed by atoms with Crippen molar-refractivity contribution in [3.8, 4) is 0 Å². The van der Waals surface area contributed by atoms with Crippen molar-refractivity contribution >= 4 is 11.4 Å². The lowest BCUT2D eigenvalue weighted by atomic mass is 10.1. The van der Waals surface area contributed by atoms with Gasteiger partial charge in [-0.3, -0.25) is 0 Å². The Morgan fingerprint density at radius 2 is 2.18 bits per heavy atom. The number of hydrogen-bond donors (Lipinski definition) is 2. The van der Waals surface area contributed by atoms with E-state index in [1.165, 1.54) is 16.9 Å². The van der Waals surface area contributed by atoms with E-state index in [2.05, 4.69) is 35.8 Å². The van der Waals surface area contributed by atoms with Crippen molar-refractivity contribution in [2.45, 2.75) is 13.3 Å². The number of anilines is 2. The summed E-state index contributed by atoms with van der Waals surface area (Å²) in [6.45, 7) is 3.03. The van der Waals surface area contributed by atoms with Crippen LogP contribution in [0.3, 0.4) is 0 Å². The average Bonchev–Trinajstić information content (AvgIpc) is 2.50. The first-order valence-corrected chi connectivity index (χ1v) is 4.01. The molecule has 2 N–H and O–H groups in total. The largest absolute Gasteiger partial charge is 0.366 e. The first-order valence-electron chi connectivity index (χ1n) is 4.01. The van der Waals surface area contributed by atoms with Crippen LogP contribution in [0.5, 0.6) is 0 Å². The number of rotatable bonds is 1. The Labute approximate surface area is 68.1 Å². The molecule has 1 aliphatic rings. The molecule has 0 spiro atoms. The van der Waals surface area contributed by atoms with Crippen molar-refractivity contribution in [3.05, 3.63) is 23.8 Å². The summed E-state index contributed by atoms with van der Waals surface area (Å²) in [5.74, 6) is 0. The molecule has 0 radical (unpaired) electrons. The van der Waals surface area contributed by atoms with Gasteiger partial charge in [-0.2, -0.15) is 0 Å². The van der Waals surface area contributed by atoms with E-state index in [4.69, 9.17) is 0 Å². The fraction of sp³-hybridized carbons (Fsp3) is 0.333. The van der Waals surface area contributed by atoms with Gasteiger partial charge in [0.15, 0.2) is 0 Å². The predicted molar refractivity (Wildman–Crippen MR) is 50.0 cm³/mol. The van der Waals surface area contributed by atoms with Crippen LogP contribution >= 0.6 is 0 Å². The molecule has 11 heavy (non-hydrogen) atoms. The lowest BCUT2D eigenvalue weighted by Crippen LogP contribution is -1.98. The molecule has 0 saturated heterocycles. The highest BCUT2D eigenvalue weighted by Gasteiger charge is 2.07. The second-order valence-corrected chi connectivity index (χ2v) is 2.76. The molecule has 0 atom stereocenters. The first kappa shape index (κ1) is 6.53. The summed E-state index contributed by atoms with van der Waals surface area (Å²) in [5.41, 5.74) is 3.85. The van der Waals surface area contributed by atoms with Gasteiger partial charge >= 0.3 is 0 Å². The van der Waals surface area contributed by atoms with Crippen LogP contribution in [0.25, 0.3) is 0 Å². The Morgan fingerprint density at radius 1 is 1.36 bits per heavy atom. The Kier molecular flexibility index (Phi) is 1.46. The van der Waals surface area contributed by atoms with Crippen LogP contribution in [0.4, 0.5) is 11.4 Å². The number of nitrogens with one attached hydrogen (secondary N) is 2. The molecule has 1 aromatic carbocycles. The van der Waals surface area contributed by atoms with Crippen LogP contribution in [-0.2, 0) is 6.42 Å². The smallest absolute Gasteiger partial charge is 0.0850 e. The van der Waals surface area contributed by atoms with Gasteiger partial charge < -0.3 is 10.6 Å². The molecular formula is C9H14N2. The van der Waals surface area contributed by atoms with E-state index in [9.17, 15) is 0 Å². The number of benzene rings is 1. The maximum absolute atomic E-state index is 3.26. The third-order valence-electron chi connectivity index (χ3n) is 2.05. The summed E-state index contributed by atoms with van der Waals surface area (Å²) in [5, 5.41) is 6.50. The molecule has 0 saturated carbocycles. The summed E-state index contributed by atoms with van der Waals surface area (Å²) >= 11 is 0. The molecule has 1 heterocycles. The van der Waals surface area contributed by atoms with E-state index in [0.29, 0.717) is 0 Å². The lowest BCUT2D eigenvalue weighted by Gasteiger charge is -2.00. The second kappa shape index (κ2) is 2.46. The second-order valence-electron chi connectivity index (χ2n) is 2.76. The van der Waals surface area contributed by atoms with Crippen molar-refractivity contribution in [2.24, 2.45) is 0 Å². The van der Waals surface area contributed by atoms with Crippen molar-refractivity contribution in [1.82, 2.24) is 0 Å². The first-order chi connectivity index (χ1) is 5.40. The van der Waals surface area contributed by atoms with Gasteiger partial charge in [0.25, 0.3) is 0 Å². The van der Waals surface area contributed by atoms with E-state index in [-0.39, 0.29) is 1.43 Å². The van der Waals surface area contributed by atoms with Gasteiger partial charge in [0, 0.05) is 1.43 Å². The van der Waals surface area contributed by atoms with Gasteiger partial charge in [-0.05, 0) is 24.1 Å². The normalized spacial score (nSPS) is 13.5. The van der Waals surface area contributed by atoms with Gasteiger partial charge in [0.2, 0.25) is 0 Å². The minimum absolute atomic E-state index is 0. The van der Waals surface area contributed by atoms with Gasteiger partial charge in [-0.1, -0.05) is 13.0 Å². The lowest BCUT2D eigenvalue weighted by molar-refractivity contribution is 1.14. The van der Waals surface area contributed by atoms with Crippen LogP contribution in [0.2, 0.25) is 0 Å². The van der Waals surface area contributed by atoms with Gasteiger partial charge in [0.1, 0.15) is 0 Å². The van der Waals surface area contributed by atoms with Crippen molar-refractivity contribution in [3.63, 3.8) is 0 Å². The molecular weight excluding hydrogens is 136 g/mol. The van der Waals surface area contributed by atoms with Crippen LogP contribution < -0.4 is 10.6 Å². The van der Waals surface area contributed by atoms with E-state index in [0.717, 1.165) is 13.1 Å². The van der Waals surface area contributed by atoms with Crippen LogP contribution in [-0.4, -0.2) is 6.67 Å². The highest BCUT2D eigenvalue weighted by Crippen LogP contribution is 2.26. The van der Waals surface area contributed by atoms with Gasteiger partial charge in [-0.25, -0.2) is 0 Å². The van der Waals surface area contributed by atoms with Crippen molar-refractivity contribution in [1.29, 1.82) is 0 Å². The molecule has 0 fully saturated rings. The number of hydrogen-bond acceptors (Lipinski definition) is 2. The molecule has 0 aliphatic carbocycles. The minimum Gasteiger partial charge on any atom is -0.366 e. The van der Waals surface area contributed by atoms with E-state index in [1.807, 2.05) is 0 Å². The maximum atomic E-state index is 3.26. The molecule has 0 aromatic heterocycles. The zero-order valence-electron chi connectivity index (χ0n) is 6.65. The van der Waals surface area contributed by atoms with Crippen LogP contribution in [0.15, 0.2) is 18.2 Å². The Balaban J connectivity index is 0.000000720. The summed E-state index contributed by atoms with van der Waals surface area (Å²) in [6, 6.07) is 6.50. The van der Waals surface area contributed by atoms with E-state index < -0.39 is 0 Å². The van der Waals surface area contributed by atoms with Crippen LogP contribution in [0.1, 0.15) is 13.9 Å². The topological polar surface area (TPSA) is 24.1 Å². The molecule has 2 rings (SSSR count). The number of aryl methyl sites for hydroxylation is 1. The molecule has 60 valence electrons. The summed E-state index contributed by atoms with van der Waals surface area (Å²) in [4.78, 5) is 0. The maximum Gasteiger partial charge on any atom is 0.0850 e. The van der Waals surface area contributed by atoms with E-state index in [1.54, 1.807) is 0 Å². The summed E-state index contributed by atoms with van der Waals surface area (Å²) in [6.07, 6.45) is 1.11. The molecule has 0 amide bonds. The van der Waals surface area contributed by atoms with Crippen molar-refractivity contribution in [2.75, 3.05) is 17.3 Å². The monoisotopic (exact) mass is 150 g/mol. The Bertz CT molecular complexity index is 273. The standard InChI is InChI=1S/C9H12N2.H2/c1-2-7-3-4-8-9(5-7)11-6-10-8;/h3-5,10-11H,2,6H2,1H3;1H. The van der Waals surface area contributed by atoms with E-state index >= 15 is 0 Å². The molecule has 0 bridgehead atoms. The van der Waals surface area contributed by atoms with Crippen molar-refractivity contribution < 1.29 is 1.43 Å². The average molecular weight is 150 g/mol.